The van der Waals surface area contributed by atoms with Crippen LogP contribution >= 0.6 is 0 Å². The molecule has 174 valence electrons. The normalized spacial score (nSPS) is 15.6. The second-order valence-electron chi connectivity index (χ2n) is 7.87. The lowest BCUT2D eigenvalue weighted by atomic mass is 10.1. The van der Waals surface area contributed by atoms with Crippen molar-refractivity contribution in [2.75, 3.05) is 13.2 Å². The largest absolute Gasteiger partial charge is 0.436 e. The highest BCUT2D eigenvalue weighted by Crippen LogP contribution is 2.33. The Morgan fingerprint density at radius 2 is 1.94 bits per heavy atom. The second kappa shape index (κ2) is 10.1. The predicted octanol–water partition coefficient (Wildman–Crippen LogP) is 4.62. The molecule has 0 aliphatic carbocycles. The average molecular weight is 459 g/mol. The zero-order valence-electron chi connectivity index (χ0n) is 18.1. The van der Waals surface area contributed by atoms with Gasteiger partial charge in [0.2, 0.25) is 11.8 Å². The fraction of sp³-hybridized carbons (Fsp3) is 0.333. The van der Waals surface area contributed by atoms with Crippen LogP contribution in [-0.2, 0) is 16.0 Å². The molecule has 0 saturated carbocycles. The number of halogens is 3. The van der Waals surface area contributed by atoms with Crippen LogP contribution in [0.1, 0.15) is 30.5 Å². The Balaban J connectivity index is 1.58. The first-order chi connectivity index (χ1) is 15.9. The third kappa shape index (κ3) is 5.54. The zero-order valence-corrected chi connectivity index (χ0v) is 18.1. The van der Waals surface area contributed by atoms with Crippen molar-refractivity contribution >= 4 is 5.91 Å². The first-order valence-electron chi connectivity index (χ1n) is 10.8. The summed E-state index contributed by atoms with van der Waals surface area (Å²) in [6.45, 7) is 2.91. The standard InChI is InChI=1S/C24H24F3N3O3/c1-15-20(9-11-23(31)28-14-19-3-2-12-32-19)24(33-22-10-6-17(26)13-21(22)27)30(29-15)18-7-4-16(25)5-8-18/h4-8,10,13,19H,2-3,9,11-12,14H2,1H3,(H,28,31)/t19-/m1/s1. The molecule has 1 aromatic heterocycles. The number of nitrogens with one attached hydrogen (secondary N) is 1. The van der Waals surface area contributed by atoms with Crippen LogP contribution in [0.15, 0.2) is 42.5 Å². The Kier molecular flexibility index (Phi) is 6.98. The lowest BCUT2D eigenvalue weighted by molar-refractivity contribution is -0.121. The number of carbonyl (C=O) groups excluding carboxylic acids is 1. The first kappa shape index (κ1) is 22.8. The molecule has 1 saturated heterocycles. The molecule has 1 N–H and O–H groups in total. The van der Waals surface area contributed by atoms with Gasteiger partial charge in [-0.25, -0.2) is 17.9 Å². The van der Waals surface area contributed by atoms with Gasteiger partial charge < -0.3 is 14.8 Å². The fourth-order valence-electron chi connectivity index (χ4n) is 3.71. The number of hydrogen-bond acceptors (Lipinski definition) is 4. The van der Waals surface area contributed by atoms with Gasteiger partial charge in [0.25, 0.3) is 0 Å². The van der Waals surface area contributed by atoms with Gasteiger partial charge in [0.1, 0.15) is 11.6 Å². The maximum absolute atomic E-state index is 14.3. The molecule has 0 bridgehead atoms. The van der Waals surface area contributed by atoms with Crippen LogP contribution in [0.2, 0.25) is 0 Å². The van der Waals surface area contributed by atoms with Gasteiger partial charge in [-0.3, -0.25) is 4.79 Å². The molecule has 0 spiro atoms. The first-order valence-corrected chi connectivity index (χ1v) is 10.8. The number of nitrogens with zero attached hydrogens (tertiary/aromatic N) is 2. The molecule has 0 radical (unpaired) electrons. The Morgan fingerprint density at radius 1 is 1.18 bits per heavy atom. The molecule has 3 aromatic rings. The van der Waals surface area contributed by atoms with E-state index < -0.39 is 17.5 Å². The van der Waals surface area contributed by atoms with E-state index in [4.69, 9.17) is 9.47 Å². The lowest BCUT2D eigenvalue weighted by Crippen LogP contribution is -2.31. The van der Waals surface area contributed by atoms with Crippen molar-refractivity contribution in [2.45, 2.75) is 38.7 Å². The number of aromatic nitrogens is 2. The van der Waals surface area contributed by atoms with Crippen molar-refractivity contribution in [3.63, 3.8) is 0 Å². The number of rotatable bonds is 8. The molecule has 2 aromatic carbocycles. The highest BCUT2D eigenvalue weighted by molar-refractivity contribution is 5.76. The van der Waals surface area contributed by atoms with Gasteiger partial charge in [0.15, 0.2) is 11.6 Å². The van der Waals surface area contributed by atoms with Crippen LogP contribution in [0.25, 0.3) is 5.69 Å². The van der Waals surface area contributed by atoms with E-state index in [-0.39, 0.29) is 36.5 Å². The average Bonchev–Trinajstić information content (AvgIpc) is 3.41. The number of hydrogen-bond donors (Lipinski definition) is 1. The van der Waals surface area contributed by atoms with E-state index >= 15 is 0 Å². The maximum Gasteiger partial charge on any atom is 0.226 e. The zero-order chi connectivity index (χ0) is 23.4. The minimum absolute atomic E-state index is 0.0391. The molecule has 1 atom stereocenters. The summed E-state index contributed by atoms with van der Waals surface area (Å²) in [5, 5.41) is 7.33. The van der Waals surface area contributed by atoms with E-state index in [9.17, 15) is 18.0 Å². The van der Waals surface area contributed by atoms with Crippen LogP contribution < -0.4 is 10.1 Å². The van der Waals surface area contributed by atoms with E-state index in [0.717, 1.165) is 25.0 Å². The molecule has 4 rings (SSSR count). The molecule has 1 aliphatic rings. The van der Waals surface area contributed by atoms with Crippen molar-refractivity contribution in [3.05, 3.63) is 71.2 Å². The summed E-state index contributed by atoms with van der Waals surface area (Å²) in [5.41, 5.74) is 1.66. The van der Waals surface area contributed by atoms with Crippen LogP contribution in [0.5, 0.6) is 11.6 Å². The monoisotopic (exact) mass is 459 g/mol. The van der Waals surface area contributed by atoms with E-state index in [1.54, 1.807) is 6.92 Å². The number of benzene rings is 2. The smallest absolute Gasteiger partial charge is 0.226 e. The summed E-state index contributed by atoms with van der Waals surface area (Å²) in [6.07, 6.45) is 2.39. The highest BCUT2D eigenvalue weighted by Gasteiger charge is 2.22. The number of ether oxygens (including phenoxy) is 2. The second-order valence-corrected chi connectivity index (χ2v) is 7.87. The van der Waals surface area contributed by atoms with Crippen molar-refractivity contribution in [2.24, 2.45) is 0 Å². The summed E-state index contributed by atoms with van der Waals surface area (Å²) in [7, 11) is 0. The summed E-state index contributed by atoms with van der Waals surface area (Å²) >= 11 is 0. The Hall–Kier alpha value is -3.33. The molecule has 9 heteroatoms. The fourth-order valence-corrected chi connectivity index (χ4v) is 3.71. The van der Waals surface area contributed by atoms with Crippen LogP contribution in [0.3, 0.4) is 0 Å². The van der Waals surface area contributed by atoms with Gasteiger partial charge in [-0.05, 0) is 62.6 Å². The molecule has 6 nitrogen and oxygen atoms in total. The lowest BCUT2D eigenvalue weighted by Gasteiger charge is -2.13. The third-order valence-corrected chi connectivity index (χ3v) is 5.46. The van der Waals surface area contributed by atoms with E-state index in [1.807, 2.05) is 0 Å². The van der Waals surface area contributed by atoms with E-state index in [2.05, 4.69) is 10.4 Å². The van der Waals surface area contributed by atoms with Gasteiger partial charge >= 0.3 is 0 Å². The Labute approximate surface area is 189 Å². The quantitative estimate of drug-likeness (QED) is 0.534. The van der Waals surface area contributed by atoms with Crippen LogP contribution in [0.4, 0.5) is 13.2 Å². The Morgan fingerprint density at radius 3 is 2.64 bits per heavy atom. The van der Waals surface area contributed by atoms with Gasteiger partial charge in [0, 0.05) is 31.2 Å². The molecule has 2 heterocycles. The maximum atomic E-state index is 14.3. The minimum Gasteiger partial charge on any atom is -0.436 e. The molecular formula is C24H24F3N3O3. The molecular weight excluding hydrogens is 435 g/mol. The molecule has 33 heavy (non-hydrogen) atoms. The molecule has 1 fully saturated rings. The van der Waals surface area contributed by atoms with Gasteiger partial charge in [0.05, 0.1) is 17.5 Å². The summed E-state index contributed by atoms with van der Waals surface area (Å²) in [5.74, 6) is -2.19. The number of carbonyl (C=O) groups is 1. The number of aryl methyl sites for hydroxylation is 1. The summed E-state index contributed by atoms with van der Waals surface area (Å²) < 4.78 is 53.8. The SMILES string of the molecule is Cc1nn(-c2ccc(F)cc2)c(Oc2ccc(F)cc2F)c1CCC(=O)NC[C@H]1CCCO1. The van der Waals surface area contributed by atoms with Gasteiger partial charge in [-0.15, -0.1) is 0 Å². The van der Waals surface area contributed by atoms with Crippen LogP contribution in [-0.4, -0.2) is 34.9 Å². The molecule has 1 aliphatic heterocycles. The highest BCUT2D eigenvalue weighted by atomic mass is 19.1. The van der Waals surface area contributed by atoms with Gasteiger partial charge in [-0.2, -0.15) is 5.10 Å². The van der Waals surface area contributed by atoms with Crippen molar-refractivity contribution in [1.29, 1.82) is 0 Å². The van der Waals surface area contributed by atoms with Crippen LogP contribution in [0, 0.1) is 24.4 Å². The minimum atomic E-state index is -0.875. The van der Waals surface area contributed by atoms with Gasteiger partial charge in [-0.1, -0.05) is 0 Å². The Bertz CT molecular complexity index is 1130. The summed E-state index contributed by atoms with van der Waals surface area (Å²) in [6, 6.07) is 8.54. The predicted molar refractivity (Wildman–Crippen MR) is 115 cm³/mol. The van der Waals surface area contributed by atoms with Crippen molar-refractivity contribution in [3.8, 4) is 17.3 Å². The van der Waals surface area contributed by atoms with Crippen molar-refractivity contribution in [1.82, 2.24) is 15.1 Å². The summed E-state index contributed by atoms with van der Waals surface area (Å²) in [4.78, 5) is 12.4. The number of amides is 1. The van der Waals surface area contributed by atoms with E-state index in [1.165, 1.54) is 35.0 Å². The molecule has 0 unspecified atom stereocenters. The topological polar surface area (TPSA) is 65.4 Å². The molecule has 1 amide bonds. The van der Waals surface area contributed by atoms with E-state index in [0.29, 0.717) is 30.1 Å². The van der Waals surface area contributed by atoms with Crippen molar-refractivity contribution < 1.29 is 27.4 Å². The third-order valence-electron chi connectivity index (χ3n) is 5.46.